The minimum atomic E-state index is 0.872. The van der Waals surface area contributed by atoms with Crippen LogP contribution >= 0.6 is 0 Å². The predicted molar refractivity (Wildman–Crippen MR) is 167 cm³/mol. The van der Waals surface area contributed by atoms with Gasteiger partial charge in [-0.05, 0) is 61.6 Å². The first-order chi connectivity index (χ1) is 19.9. The molecule has 2 aromatic heterocycles. The first-order valence-electron chi connectivity index (χ1n) is 13.6. The van der Waals surface area contributed by atoms with Crippen LogP contribution in [0.15, 0.2) is 142 Å². The summed E-state index contributed by atoms with van der Waals surface area (Å²) in [6, 6.07) is 45.2. The third-order valence-electron chi connectivity index (χ3n) is 8.34. The van der Waals surface area contributed by atoms with Crippen LogP contribution in [-0.2, 0) is 0 Å². The summed E-state index contributed by atoms with van der Waals surface area (Å²) in [5.74, 6) is 0. The van der Waals surface area contributed by atoms with Crippen LogP contribution in [0.3, 0.4) is 0 Å². The van der Waals surface area contributed by atoms with Gasteiger partial charge in [-0.3, -0.25) is 0 Å². The van der Waals surface area contributed by atoms with E-state index in [2.05, 4.69) is 115 Å². The molecule has 0 fully saturated rings. The van der Waals surface area contributed by atoms with Gasteiger partial charge in [-0.2, -0.15) is 0 Å². The van der Waals surface area contributed by atoms with Gasteiger partial charge in [0, 0.05) is 27.3 Å². The van der Waals surface area contributed by atoms with Crippen molar-refractivity contribution in [3.63, 3.8) is 0 Å². The minimum Gasteiger partial charge on any atom is -0.464 e. The fraction of sp³-hybridized carbons (Fsp3) is 0. The van der Waals surface area contributed by atoms with Crippen molar-refractivity contribution in [2.45, 2.75) is 0 Å². The summed E-state index contributed by atoms with van der Waals surface area (Å²) < 4.78 is 12.7. The third kappa shape index (κ3) is 2.88. The Hall–Kier alpha value is -5.34. The van der Waals surface area contributed by atoms with Crippen LogP contribution in [0.4, 0.5) is 0 Å². The van der Waals surface area contributed by atoms with Gasteiger partial charge in [0.1, 0.15) is 16.7 Å². The molecular weight excluding hydrogens is 488 g/mol. The van der Waals surface area contributed by atoms with E-state index in [-0.39, 0.29) is 0 Å². The maximum atomic E-state index is 6.42. The molecule has 7 aromatic carbocycles. The molecule has 0 saturated carbocycles. The van der Waals surface area contributed by atoms with Crippen LogP contribution in [0, 0.1) is 0 Å². The van der Waals surface area contributed by atoms with Gasteiger partial charge in [-0.25, -0.2) is 0 Å². The van der Waals surface area contributed by atoms with Crippen molar-refractivity contribution in [2.24, 2.45) is 0 Å². The molecule has 2 heteroatoms. The molecule has 0 aliphatic rings. The maximum Gasteiger partial charge on any atom is 0.142 e. The molecule has 2 nitrogen and oxygen atoms in total. The van der Waals surface area contributed by atoms with Gasteiger partial charge in [0.15, 0.2) is 0 Å². The number of hydrogen-bond acceptors (Lipinski definition) is 2. The number of benzene rings is 7. The Morgan fingerprint density at radius 1 is 0.400 bits per heavy atom. The summed E-state index contributed by atoms with van der Waals surface area (Å²) in [4.78, 5) is 0. The molecule has 0 atom stereocenters. The van der Waals surface area contributed by atoms with Crippen LogP contribution in [0.5, 0.6) is 0 Å². The van der Waals surface area contributed by atoms with E-state index in [1.165, 1.54) is 43.4 Å². The molecule has 40 heavy (non-hydrogen) atoms. The Morgan fingerprint density at radius 3 is 1.70 bits per heavy atom. The average Bonchev–Trinajstić information content (AvgIpc) is 3.64. The van der Waals surface area contributed by atoms with E-state index in [0.717, 1.165) is 44.0 Å². The Bertz CT molecular complexity index is 2370. The number of hydrogen-bond donors (Lipinski definition) is 0. The molecule has 0 spiro atoms. The smallest absolute Gasteiger partial charge is 0.142 e. The number of para-hydroxylation sites is 1. The van der Waals surface area contributed by atoms with E-state index in [1.807, 2.05) is 12.1 Å². The van der Waals surface area contributed by atoms with E-state index >= 15 is 0 Å². The van der Waals surface area contributed by atoms with Gasteiger partial charge in [0.2, 0.25) is 0 Å². The quantitative estimate of drug-likeness (QED) is 0.216. The molecular formula is C38H22O2. The first kappa shape index (κ1) is 21.6. The monoisotopic (exact) mass is 510 g/mol. The summed E-state index contributed by atoms with van der Waals surface area (Å²) >= 11 is 0. The van der Waals surface area contributed by atoms with Crippen molar-refractivity contribution < 1.29 is 8.83 Å². The first-order valence-corrected chi connectivity index (χ1v) is 13.6. The molecule has 0 N–H and O–H groups in total. The topological polar surface area (TPSA) is 26.3 Å². The average molecular weight is 511 g/mol. The summed E-state index contributed by atoms with van der Waals surface area (Å²) in [5, 5.41) is 10.6. The van der Waals surface area contributed by atoms with Crippen molar-refractivity contribution >= 4 is 65.2 Å². The third-order valence-corrected chi connectivity index (χ3v) is 8.34. The van der Waals surface area contributed by atoms with E-state index in [0.29, 0.717) is 0 Å². The highest BCUT2D eigenvalue weighted by Gasteiger charge is 2.22. The molecule has 0 aliphatic heterocycles. The van der Waals surface area contributed by atoms with Crippen molar-refractivity contribution in [2.75, 3.05) is 0 Å². The highest BCUT2D eigenvalue weighted by molar-refractivity contribution is 6.28. The molecule has 9 aromatic rings. The predicted octanol–water partition coefficient (Wildman–Crippen LogP) is 11.1. The molecule has 2 heterocycles. The van der Waals surface area contributed by atoms with Crippen molar-refractivity contribution in [1.29, 1.82) is 0 Å². The van der Waals surface area contributed by atoms with Gasteiger partial charge < -0.3 is 8.83 Å². The van der Waals surface area contributed by atoms with Crippen LogP contribution in [0.25, 0.3) is 87.5 Å². The summed E-state index contributed by atoms with van der Waals surface area (Å²) in [6.45, 7) is 0. The largest absolute Gasteiger partial charge is 0.464 e. The molecule has 0 bridgehead atoms. The Labute approximate surface area is 229 Å². The molecule has 186 valence electrons. The summed E-state index contributed by atoms with van der Waals surface area (Å²) in [7, 11) is 0. The molecule has 0 aliphatic carbocycles. The van der Waals surface area contributed by atoms with Gasteiger partial charge in [-0.1, -0.05) is 109 Å². The second kappa shape index (κ2) is 8.08. The summed E-state index contributed by atoms with van der Waals surface area (Å²) in [6.07, 6.45) is 1.80. The van der Waals surface area contributed by atoms with Gasteiger partial charge in [0.05, 0.1) is 6.26 Å². The maximum absolute atomic E-state index is 6.42. The fourth-order valence-electron chi connectivity index (χ4n) is 6.69. The second-order valence-electron chi connectivity index (χ2n) is 10.4. The number of fused-ring (bicyclic) bond motifs is 8. The lowest BCUT2D eigenvalue weighted by molar-refractivity contribution is 0.616. The number of furan rings is 2. The number of rotatable bonds is 2. The van der Waals surface area contributed by atoms with Crippen LogP contribution < -0.4 is 0 Å². The van der Waals surface area contributed by atoms with Gasteiger partial charge in [-0.15, -0.1) is 0 Å². The zero-order valence-corrected chi connectivity index (χ0v) is 21.5. The second-order valence-corrected chi connectivity index (χ2v) is 10.4. The Balaban J connectivity index is 1.48. The van der Waals surface area contributed by atoms with Crippen molar-refractivity contribution in [1.82, 2.24) is 0 Å². The molecule has 0 unspecified atom stereocenters. The molecule has 0 radical (unpaired) electrons. The summed E-state index contributed by atoms with van der Waals surface area (Å²) in [5.41, 5.74) is 7.35. The van der Waals surface area contributed by atoms with E-state index < -0.39 is 0 Å². The van der Waals surface area contributed by atoms with E-state index in [9.17, 15) is 0 Å². The van der Waals surface area contributed by atoms with E-state index in [4.69, 9.17) is 8.83 Å². The van der Waals surface area contributed by atoms with Gasteiger partial charge in [0.25, 0.3) is 0 Å². The fourth-order valence-corrected chi connectivity index (χ4v) is 6.69. The lowest BCUT2D eigenvalue weighted by Crippen LogP contribution is -1.92. The molecule has 9 rings (SSSR count). The van der Waals surface area contributed by atoms with Crippen LogP contribution in [0.2, 0.25) is 0 Å². The highest BCUT2D eigenvalue weighted by atomic mass is 16.3. The Morgan fingerprint density at radius 2 is 0.975 bits per heavy atom. The van der Waals surface area contributed by atoms with Crippen molar-refractivity contribution in [3.8, 4) is 22.3 Å². The lowest BCUT2D eigenvalue weighted by atomic mass is 9.84. The standard InChI is InChI=1S/C38H22O2/c1-2-12-24-23(10-1)11-9-18-25(24)35-26-13-3-5-15-28(26)36(29-16-6-4-14-27(29)35)32-22-34-37(31-20-21-39-38(31)32)30-17-7-8-19-33(30)40-34/h1-22H. The van der Waals surface area contributed by atoms with Crippen LogP contribution in [0.1, 0.15) is 0 Å². The zero-order chi connectivity index (χ0) is 26.2. The lowest BCUT2D eigenvalue weighted by Gasteiger charge is -2.19. The molecule has 0 amide bonds. The highest BCUT2D eigenvalue weighted by Crippen LogP contribution is 2.48. The normalized spacial score (nSPS) is 12.0. The zero-order valence-electron chi connectivity index (χ0n) is 21.5. The van der Waals surface area contributed by atoms with Crippen LogP contribution in [-0.4, -0.2) is 0 Å². The van der Waals surface area contributed by atoms with E-state index in [1.54, 1.807) is 6.26 Å². The minimum absolute atomic E-state index is 0.872. The SMILES string of the molecule is c1ccc2c(-c3c4ccccc4c(-c4cc5oc6ccccc6c5c5ccoc45)c4ccccc34)cccc2c1. The van der Waals surface area contributed by atoms with Gasteiger partial charge >= 0.3 is 0 Å². The van der Waals surface area contributed by atoms with Crippen molar-refractivity contribution in [3.05, 3.63) is 134 Å². The Kier molecular flexibility index (Phi) is 4.36. The molecule has 0 saturated heterocycles.